The normalized spacial score (nSPS) is 20.0. The van der Waals surface area contributed by atoms with Crippen molar-refractivity contribution in [2.75, 3.05) is 25.5 Å². The summed E-state index contributed by atoms with van der Waals surface area (Å²) in [6.07, 6.45) is 0.828. The predicted molar refractivity (Wildman–Crippen MR) is 70.2 cm³/mol. The number of hydrogen-bond donors (Lipinski definition) is 2. The molecule has 2 heterocycles. The van der Waals surface area contributed by atoms with Crippen LogP contribution in [0.2, 0.25) is 0 Å². The van der Waals surface area contributed by atoms with Gasteiger partial charge < -0.3 is 15.3 Å². The van der Waals surface area contributed by atoms with Crippen molar-refractivity contribution in [3.63, 3.8) is 0 Å². The average Bonchev–Trinajstić information content (AvgIpc) is 2.85. The van der Waals surface area contributed by atoms with Crippen LogP contribution in [-0.2, 0) is 4.79 Å². The quantitative estimate of drug-likeness (QED) is 0.874. The van der Waals surface area contributed by atoms with Gasteiger partial charge in [0, 0.05) is 11.4 Å². The molecule has 1 aliphatic rings. The summed E-state index contributed by atoms with van der Waals surface area (Å²) in [6.45, 7) is 3.47. The van der Waals surface area contributed by atoms with Gasteiger partial charge in [0.25, 0.3) is 0 Å². The van der Waals surface area contributed by atoms with Gasteiger partial charge in [-0.25, -0.2) is 4.79 Å². The van der Waals surface area contributed by atoms with Gasteiger partial charge in [-0.1, -0.05) is 0 Å². The van der Waals surface area contributed by atoms with E-state index in [2.05, 4.69) is 10.2 Å². The van der Waals surface area contributed by atoms with Crippen LogP contribution in [0.4, 0.5) is 5.00 Å². The third kappa shape index (κ3) is 2.70. The van der Waals surface area contributed by atoms with Crippen molar-refractivity contribution in [2.45, 2.75) is 13.3 Å². The molecule has 98 valence electrons. The van der Waals surface area contributed by atoms with Gasteiger partial charge in [0.15, 0.2) is 0 Å². The fourth-order valence-corrected chi connectivity index (χ4v) is 3.04. The maximum absolute atomic E-state index is 12.0. The van der Waals surface area contributed by atoms with Gasteiger partial charge in [0.1, 0.15) is 5.00 Å². The first kappa shape index (κ1) is 13.0. The third-order valence-electron chi connectivity index (χ3n) is 3.08. The zero-order valence-corrected chi connectivity index (χ0v) is 11.2. The van der Waals surface area contributed by atoms with Gasteiger partial charge in [-0.05, 0) is 33.0 Å². The molecular weight excluding hydrogens is 252 g/mol. The Hall–Kier alpha value is -1.40. The van der Waals surface area contributed by atoms with E-state index in [1.807, 2.05) is 14.0 Å². The Morgan fingerprint density at radius 1 is 1.56 bits per heavy atom. The number of anilines is 1. The zero-order valence-electron chi connectivity index (χ0n) is 10.4. The Labute approximate surface area is 109 Å². The fourth-order valence-electron chi connectivity index (χ4n) is 2.13. The highest BCUT2D eigenvalue weighted by molar-refractivity contribution is 7.16. The summed E-state index contributed by atoms with van der Waals surface area (Å²) in [5, 5.41) is 12.2. The van der Waals surface area contributed by atoms with Crippen LogP contribution in [0.5, 0.6) is 0 Å². The molecule has 5 nitrogen and oxygen atoms in total. The molecule has 1 unspecified atom stereocenters. The Balaban J connectivity index is 2.09. The number of aromatic carboxylic acids is 1. The molecule has 0 spiro atoms. The van der Waals surface area contributed by atoms with E-state index in [1.54, 1.807) is 6.07 Å². The first-order valence-electron chi connectivity index (χ1n) is 5.80. The molecule has 6 heteroatoms. The Bertz CT molecular complexity index is 484. The smallest absolute Gasteiger partial charge is 0.338 e. The van der Waals surface area contributed by atoms with Crippen LogP contribution < -0.4 is 5.32 Å². The van der Waals surface area contributed by atoms with Crippen LogP contribution in [-0.4, -0.2) is 42.0 Å². The van der Waals surface area contributed by atoms with Gasteiger partial charge in [-0.2, -0.15) is 0 Å². The first-order valence-corrected chi connectivity index (χ1v) is 6.62. The van der Waals surface area contributed by atoms with Crippen molar-refractivity contribution in [3.8, 4) is 0 Å². The molecule has 2 N–H and O–H groups in total. The number of thiophene rings is 1. The number of aryl methyl sites for hydroxylation is 1. The lowest BCUT2D eigenvalue weighted by molar-refractivity contribution is -0.119. The van der Waals surface area contributed by atoms with E-state index in [4.69, 9.17) is 5.11 Å². The minimum Gasteiger partial charge on any atom is -0.478 e. The molecule has 18 heavy (non-hydrogen) atoms. The molecule has 0 bridgehead atoms. The van der Waals surface area contributed by atoms with E-state index in [0.717, 1.165) is 24.4 Å². The first-order chi connectivity index (χ1) is 8.47. The molecule has 1 saturated heterocycles. The summed E-state index contributed by atoms with van der Waals surface area (Å²) in [4.78, 5) is 26.0. The molecule has 0 aromatic carbocycles. The summed E-state index contributed by atoms with van der Waals surface area (Å²) in [5.41, 5.74) is 0.178. The third-order valence-corrected chi connectivity index (χ3v) is 4.05. The van der Waals surface area contributed by atoms with Gasteiger partial charge in [0.2, 0.25) is 5.91 Å². The van der Waals surface area contributed by atoms with Crippen LogP contribution >= 0.6 is 11.3 Å². The van der Waals surface area contributed by atoms with E-state index in [9.17, 15) is 9.59 Å². The number of likely N-dealkylation sites (tertiary alicyclic amines) is 1. The van der Waals surface area contributed by atoms with E-state index in [-0.39, 0.29) is 17.4 Å². The molecule has 1 amide bonds. The van der Waals surface area contributed by atoms with Crippen LogP contribution in [0.15, 0.2) is 6.07 Å². The predicted octanol–water partition coefficient (Wildman–Crippen LogP) is 1.64. The second-order valence-corrected chi connectivity index (χ2v) is 5.90. The van der Waals surface area contributed by atoms with Crippen LogP contribution in [0.3, 0.4) is 0 Å². The average molecular weight is 268 g/mol. The second-order valence-electron chi connectivity index (χ2n) is 4.64. The summed E-state index contributed by atoms with van der Waals surface area (Å²) in [7, 11) is 1.98. The molecule has 1 aromatic heterocycles. The number of carboxylic acid groups (broad SMARTS) is 1. The Morgan fingerprint density at radius 2 is 2.28 bits per heavy atom. The van der Waals surface area contributed by atoms with Gasteiger partial charge >= 0.3 is 5.97 Å². The highest BCUT2D eigenvalue weighted by Gasteiger charge is 2.27. The molecule has 1 atom stereocenters. The van der Waals surface area contributed by atoms with Crippen molar-refractivity contribution >= 4 is 28.2 Å². The number of carbonyl (C=O) groups excluding carboxylic acids is 1. The standard InChI is InChI=1S/C12H16N2O3S/c1-7-5-9(12(16)17)11(18-7)13-10(15)8-3-4-14(2)6-8/h5,8H,3-4,6H2,1-2H3,(H,13,15)(H,16,17). The highest BCUT2D eigenvalue weighted by Crippen LogP contribution is 2.28. The number of nitrogens with zero attached hydrogens (tertiary/aromatic N) is 1. The van der Waals surface area contributed by atoms with E-state index >= 15 is 0 Å². The van der Waals surface area contributed by atoms with Crippen LogP contribution in [0.25, 0.3) is 0 Å². The van der Waals surface area contributed by atoms with E-state index in [0.29, 0.717) is 5.00 Å². The van der Waals surface area contributed by atoms with Gasteiger partial charge in [0.05, 0.1) is 11.5 Å². The van der Waals surface area contributed by atoms with E-state index in [1.165, 1.54) is 11.3 Å². The number of nitrogens with one attached hydrogen (secondary N) is 1. The lowest BCUT2D eigenvalue weighted by Gasteiger charge is -2.10. The van der Waals surface area contributed by atoms with E-state index < -0.39 is 5.97 Å². The van der Waals surface area contributed by atoms with Crippen molar-refractivity contribution in [1.82, 2.24) is 4.90 Å². The minimum atomic E-state index is -1.00. The topological polar surface area (TPSA) is 69.6 Å². The van der Waals surface area contributed by atoms with Gasteiger partial charge in [-0.3, -0.25) is 4.79 Å². The molecule has 0 aliphatic carbocycles. The van der Waals surface area contributed by atoms with Crippen LogP contribution in [0, 0.1) is 12.8 Å². The molecule has 0 radical (unpaired) electrons. The molecule has 0 saturated carbocycles. The highest BCUT2D eigenvalue weighted by atomic mass is 32.1. The Morgan fingerprint density at radius 3 is 2.83 bits per heavy atom. The summed E-state index contributed by atoms with van der Waals surface area (Å²) < 4.78 is 0. The number of hydrogen-bond acceptors (Lipinski definition) is 4. The molecule has 1 aromatic rings. The van der Waals surface area contributed by atoms with Crippen molar-refractivity contribution in [3.05, 3.63) is 16.5 Å². The lowest BCUT2D eigenvalue weighted by atomic mass is 10.1. The molecule has 2 rings (SSSR count). The van der Waals surface area contributed by atoms with Crippen LogP contribution in [0.1, 0.15) is 21.7 Å². The maximum atomic E-state index is 12.0. The maximum Gasteiger partial charge on any atom is 0.338 e. The Kier molecular flexibility index (Phi) is 3.68. The summed E-state index contributed by atoms with van der Waals surface area (Å²) in [6, 6.07) is 1.59. The monoisotopic (exact) mass is 268 g/mol. The molecular formula is C12H16N2O3S. The van der Waals surface area contributed by atoms with Crippen molar-refractivity contribution in [1.29, 1.82) is 0 Å². The minimum absolute atomic E-state index is 0.0425. The SMILES string of the molecule is Cc1cc(C(=O)O)c(NC(=O)C2CCN(C)C2)s1. The van der Waals surface area contributed by atoms with Gasteiger partial charge in [-0.15, -0.1) is 11.3 Å². The largest absolute Gasteiger partial charge is 0.478 e. The lowest BCUT2D eigenvalue weighted by Crippen LogP contribution is -2.25. The number of carboxylic acids is 1. The number of carbonyl (C=O) groups is 2. The molecule has 1 fully saturated rings. The van der Waals surface area contributed by atoms with Crippen molar-refractivity contribution in [2.24, 2.45) is 5.92 Å². The van der Waals surface area contributed by atoms with Crippen molar-refractivity contribution < 1.29 is 14.7 Å². The zero-order chi connectivity index (χ0) is 13.3. The number of rotatable bonds is 3. The summed E-state index contributed by atoms with van der Waals surface area (Å²) >= 11 is 1.30. The number of amides is 1. The summed E-state index contributed by atoms with van der Waals surface area (Å²) in [5.74, 6) is -1.12. The second kappa shape index (κ2) is 5.07. The molecule has 1 aliphatic heterocycles. The fraction of sp³-hybridized carbons (Fsp3) is 0.500.